The minimum atomic E-state index is -2.20. The summed E-state index contributed by atoms with van der Waals surface area (Å²) in [5.41, 5.74) is 2.29. The summed E-state index contributed by atoms with van der Waals surface area (Å²) in [6, 6.07) is 2.18. The van der Waals surface area contributed by atoms with Gasteiger partial charge in [-0.25, -0.2) is 0 Å². The number of benzene rings is 1. The summed E-state index contributed by atoms with van der Waals surface area (Å²) in [5.74, 6) is 3.33. The van der Waals surface area contributed by atoms with Crippen LogP contribution in [0.3, 0.4) is 0 Å². The van der Waals surface area contributed by atoms with E-state index >= 15 is 0 Å². The van der Waals surface area contributed by atoms with E-state index in [4.69, 9.17) is 18.0 Å². The normalized spacial score (nSPS) is 14.1. The molecule has 0 aliphatic heterocycles. The summed E-state index contributed by atoms with van der Waals surface area (Å²) in [6.45, 7) is 34.9. The first-order valence-corrected chi connectivity index (χ1v) is 23.3. The molecule has 0 aromatic heterocycles. The van der Waals surface area contributed by atoms with Crippen molar-refractivity contribution in [1.29, 1.82) is 0 Å². The van der Waals surface area contributed by atoms with E-state index in [1.807, 2.05) is 0 Å². The zero-order valence-corrected chi connectivity index (χ0v) is 30.3. The molecule has 4 nitrogen and oxygen atoms in total. The van der Waals surface area contributed by atoms with Crippen LogP contribution in [0.5, 0.6) is 17.2 Å². The third-order valence-electron chi connectivity index (χ3n) is 8.48. The molecule has 1 aromatic rings. The van der Waals surface area contributed by atoms with E-state index in [0.29, 0.717) is 6.61 Å². The molecule has 0 atom stereocenters. The molecule has 0 fully saturated rings. The van der Waals surface area contributed by atoms with Crippen LogP contribution < -0.4 is 13.3 Å². The average molecular weight is 573 g/mol. The van der Waals surface area contributed by atoms with E-state index in [1.165, 1.54) is 5.56 Å². The molecule has 1 aromatic carbocycles. The molecule has 0 radical (unpaired) electrons. The van der Waals surface area contributed by atoms with Crippen molar-refractivity contribution in [3.63, 3.8) is 0 Å². The Morgan fingerprint density at radius 3 is 1.42 bits per heavy atom. The Kier molecular flexibility index (Phi) is 10.6. The van der Waals surface area contributed by atoms with Crippen LogP contribution in [0.1, 0.15) is 73.4 Å². The summed E-state index contributed by atoms with van der Waals surface area (Å²) >= 11 is 1.80. The first-order valence-electron chi connectivity index (χ1n) is 13.2. The van der Waals surface area contributed by atoms with Gasteiger partial charge in [-0.05, 0) is 72.3 Å². The third-order valence-corrected chi connectivity index (χ3v) is 22.1. The fourth-order valence-electron chi connectivity index (χ4n) is 2.82. The van der Waals surface area contributed by atoms with Crippen LogP contribution in [0.4, 0.5) is 0 Å². The Balaban J connectivity index is 4.13. The average Bonchev–Trinajstić information content (AvgIpc) is 2.64. The third kappa shape index (κ3) is 7.80. The summed E-state index contributed by atoms with van der Waals surface area (Å²) in [7, 11) is -4.78. The van der Waals surface area contributed by atoms with Crippen LogP contribution in [0, 0.1) is 0 Å². The number of hydrogen-bond donors (Lipinski definition) is 0. The van der Waals surface area contributed by atoms with E-state index in [9.17, 15) is 0 Å². The van der Waals surface area contributed by atoms with Gasteiger partial charge in [0.05, 0.1) is 6.61 Å². The van der Waals surface area contributed by atoms with E-state index in [2.05, 4.69) is 114 Å². The molecule has 0 aliphatic rings. The Morgan fingerprint density at radius 1 is 0.667 bits per heavy atom. The number of ether oxygens (including phenoxy) is 1. The molecular weight excluding hydrogens is 517 g/mol. The van der Waals surface area contributed by atoms with E-state index < -0.39 is 25.0 Å². The summed E-state index contributed by atoms with van der Waals surface area (Å²) in [4.78, 5) is 0. The monoisotopic (exact) mass is 572 g/mol. The molecule has 0 heterocycles. The number of methoxy groups -OCH3 is 1. The van der Waals surface area contributed by atoms with Gasteiger partial charge in [0, 0.05) is 18.4 Å². The fraction of sp³-hybridized carbons (Fsp3) is 0.786. The molecule has 8 heteroatoms. The van der Waals surface area contributed by atoms with Gasteiger partial charge in [-0.3, -0.25) is 0 Å². The van der Waals surface area contributed by atoms with E-state index in [1.54, 1.807) is 18.9 Å². The SMILES string of the molecule is COCc1cc(O[Si](C)(C)C(C)(C)C)c(O[Si](C)(C)C(C)(C)C)c(O[Si](C)(C)C(C)(C)C)c1CSC. The van der Waals surface area contributed by atoms with Gasteiger partial charge < -0.3 is 18.0 Å². The van der Waals surface area contributed by atoms with Crippen molar-refractivity contribution < 1.29 is 18.0 Å². The van der Waals surface area contributed by atoms with E-state index in [-0.39, 0.29) is 15.1 Å². The smallest absolute Gasteiger partial charge is 0.250 e. The highest BCUT2D eigenvalue weighted by molar-refractivity contribution is 7.97. The molecule has 0 saturated carbocycles. The van der Waals surface area contributed by atoms with Crippen LogP contribution in [0.2, 0.25) is 54.4 Å². The van der Waals surface area contributed by atoms with Gasteiger partial charge in [-0.2, -0.15) is 11.8 Å². The highest BCUT2D eigenvalue weighted by Gasteiger charge is 2.45. The standard InChI is InChI=1S/C28H56O4SSi3/c1-26(2,3)34(12,13)30-23-18-21(19-29-10)22(20-33-11)24(31-35(14,15)27(4,5)6)25(23)32-36(16,17)28(7,8)9/h18H,19-20H2,1-17H3. The minimum absolute atomic E-state index is 0.0420. The second-order valence-corrected chi connectivity index (χ2v) is 29.7. The Labute approximate surface area is 231 Å². The molecule has 1 rings (SSSR count). The lowest BCUT2D eigenvalue weighted by atomic mass is 10.1. The molecule has 0 bridgehead atoms. The molecule has 0 aliphatic carbocycles. The molecule has 0 amide bonds. The van der Waals surface area contributed by atoms with Gasteiger partial charge >= 0.3 is 0 Å². The highest BCUT2D eigenvalue weighted by Crippen LogP contribution is 2.52. The van der Waals surface area contributed by atoms with Crippen molar-refractivity contribution >= 4 is 36.7 Å². The Hall–Kier alpha value is -0.419. The Morgan fingerprint density at radius 2 is 1.06 bits per heavy atom. The van der Waals surface area contributed by atoms with Gasteiger partial charge in [0.15, 0.2) is 11.5 Å². The number of hydrogen-bond acceptors (Lipinski definition) is 5. The largest absolute Gasteiger partial charge is 0.541 e. The van der Waals surface area contributed by atoms with Crippen LogP contribution >= 0.6 is 11.8 Å². The lowest BCUT2D eigenvalue weighted by Gasteiger charge is -2.42. The quantitative estimate of drug-likeness (QED) is 0.261. The lowest BCUT2D eigenvalue weighted by Crippen LogP contribution is -2.47. The van der Waals surface area contributed by atoms with Crippen molar-refractivity contribution in [2.45, 2.75) is 129 Å². The summed E-state index contributed by atoms with van der Waals surface area (Å²) < 4.78 is 27.0. The number of thioether (sulfide) groups is 1. The van der Waals surface area contributed by atoms with Gasteiger partial charge in [-0.15, -0.1) is 0 Å². The summed E-state index contributed by atoms with van der Waals surface area (Å²) in [6.07, 6.45) is 2.14. The highest BCUT2D eigenvalue weighted by atomic mass is 32.2. The zero-order chi connectivity index (χ0) is 28.5. The second kappa shape index (κ2) is 11.4. The second-order valence-electron chi connectivity index (χ2n) is 14.6. The summed E-state index contributed by atoms with van der Waals surface area (Å²) in [5, 5.41) is 0.150. The van der Waals surface area contributed by atoms with Crippen LogP contribution in [-0.4, -0.2) is 38.3 Å². The Bertz CT molecular complexity index is 892. The molecule has 0 N–H and O–H groups in total. The first-order chi connectivity index (χ1) is 15.9. The van der Waals surface area contributed by atoms with Crippen LogP contribution in [0.15, 0.2) is 6.07 Å². The van der Waals surface area contributed by atoms with Crippen molar-refractivity contribution in [1.82, 2.24) is 0 Å². The zero-order valence-electron chi connectivity index (χ0n) is 26.5. The predicted octanol–water partition coefficient (Wildman–Crippen LogP) is 9.85. The topological polar surface area (TPSA) is 36.9 Å². The van der Waals surface area contributed by atoms with Crippen molar-refractivity contribution in [2.75, 3.05) is 13.4 Å². The van der Waals surface area contributed by atoms with Gasteiger partial charge in [0.1, 0.15) is 5.75 Å². The van der Waals surface area contributed by atoms with Crippen LogP contribution in [-0.2, 0) is 17.1 Å². The van der Waals surface area contributed by atoms with Crippen molar-refractivity contribution in [3.05, 3.63) is 17.2 Å². The molecule has 0 spiro atoms. The van der Waals surface area contributed by atoms with Crippen molar-refractivity contribution in [3.8, 4) is 17.2 Å². The van der Waals surface area contributed by atoms with Crippen molar-refractivity contribution in [2.24, 2.45) is 0 Å². The van der Waals surface area contributed by atoms with Gasteiger partial charge in [0.25, 0.3) is 25.0 Å². The van der Waals surface area contributed by atoms with Crippen LogP contribution in [0.25, 0.3) is 0 Å². The maximum atomic E-state index is 7.17. The maximum absolute atomic E-state index is 7.17. The predicted molar refractivity (Wildman–Crippen MR) is 168 cm³/mol. The molecular formula is C28H56O4SSi3. The van der Waals surface area contributed by atoms with E-state index in [0.717, 1.165) is 28.6 Å². The number of rotatable bonds is 10. The molecule has 36 heavy (non-hydrogen) atoms. The van der Waals surface area contributed by atoms with Gasteiger partial charge in [-0.1, -0.05) is 62.3 Å². The fourth-order valence-corrected chi connectivity index (χ4v) is 6.47. The van der Waals surface area contributed by atoms with Gasteiger partial charge in [0.2, 0.25) is 0 Å². The molecule has 0 unspecified atom stereocenters. The maximum Gasteiger partial charge on any atom is 0.250 e. The minimum Gasteiger partial charge on any atom is -0.541 e. The lowest BCUT2D eigenvalue weighted by molar-refractivity contribution is 0.184. The molecule has 0 saturated heterocycles. The molecule has 210 valence electrons. The first kappa shape index (κ1) is 33.6.